The number of rotatable bonds is 3. The molecule has 108 valence electrons. The predicted molar refractivity (Wildman–Crippen MR) is 83.3 cm³/mol. The topological polar surface area (TPSA) is 66.4 Å². The first kappa shape index (κ1) is 15.4. The highest BCUT2D eigenvalue weighted by molar-refractivity contribution is 9.10. The number of carbonyl (C=O) groups is 2. The van der Waals surface area contributed by atoms with Crippen LogP contribution in [0.1, 0.15) is 28.8 Å². The van der Waals surface area contributed by atoms with Gasteiger partial charge in [-0.3, -0.25) is 4.79 Å². The zero-order valence-electron chi connectivity index (χ0n) is 11.1. The molecular formula is C14H16BrNO3S. The lowest BCUT2D eigenvalue weighted by atomic mass is 9.91. The zero-order valence-corrected chi connectivity index (χ0v) is 13.5. The molecule has 1 heterocycles. The molecule has 0 radical (unpaired) electrons. The fraction of sp³-hybridized carbons (Fsp3) is 0.429. The molecule has 1 fully saturated rings. The van der Waals surface area contributed by atoms with Crippen LogP contribution in [-0.2, 0) is 4.79 Å². The van der Waals surface area contributed by atoms with Crippen molar-refractivity contribution < 1.29 is 14.7 Å². The Balaban J connectivity index is 2.25. The summed E-state index contributed by atoms with van der Waals surface area (Å²) in [5.74, 6) is 0.216. The van der Waals surface area contributed by atoms with Crippen LogP contribution >= 0.6 is 27.7 Å². The largest absolute Gasteiger partial charge is 0.480 e. The monoisotopic (exact) mass is 357 g/mol. The molecule has 1 aliphatic heterocycles. The van der Waals surface area contributed by atoms with Gasteiger partial charge >= 0.3 is 5.97 Å². The number of hydrogen-bond acceptors (Lipinski definition) is 3. The van der Waals surface area contributed by atoms with Gasteiger partial charge in [0.25, 0.3) is 5.91 Å². The first-order chi connectivity index (χ1) is 9.46. The third kappa shape index (κ3) is 3.01. The van der Waals surface area contributed by atoms with Crippen molar-refractivity contribution in [2.75, 3.05) is 11.5 Å². The molecule has 2 N–H and O–H groups in total. The number of carboxylic acid groups (broad SMARTS) is 1. The average molecular weight is 358 g/mol. The van der Waals surface area contributed by atoms with E-state index < -0.39 is 11.5 Å². The van der Waals surface area contributed by atoms with Crippen molar-refractivity contribution >= 4 is 39.6 Å². The molecule has 0 spiro atoms. The second-order valence-electron chi connectivity index (χ2n) is 4.89. The number of nitrogens with one attached hydrogen (secondary N) is 1. The molecule has 0 bridgehead atoms. The number of carbonyl (C=O) groups excluding carboxylic acids is 1. The van der Waals surface area contributed by atoms with Crippen molar-refractivity contribution in [1.82, 2.24) is 5.32 Å². The second kappa shape index (κ2) is 6.18. The van der Waals surface area contributed by atoms with Gasteiger partial charge in [-0.2, -0.15) is 11.8 Å². The van der Waals surface area contributed by atoms with Gasteiger partial charge in [0, 0.05) is 4.47 Å². The molecule has 20 heavy (non-hydrogen) atoms. The van der Waals surface area contributed by atoms with Gasteiger partial charge in [-0.15, -0.1) is 0 Å². The quantitative estimate of drug-likeness (QED) is 0.872. The van der Waals surface area contributed by atoms with Gasteiger partial charge in [-0.1, -0.05) is 12.1 Å². The van der Waals surface area contributed by atoms with Crippen molar-refractivity contribution in [3.8, 4) is 0 Å². The summed E-state index contributed by atoms with van der Waals surface area (Å²) in [5, 5.41) is 12.2. The van der Waals surface area contributed by atoms with E-state index in [1.807, 2.05) is 13.0 Å². The van der Waals surface area contributed by atoms with Crippen LogP contribution in [0.4, 0.5) is 0 Å². The van der Waals surface area contributed by atoms with Gasteiger partial charge in [0.1, 0.15) is 5.54 Å². The first-order valence-electron chi connectivity index (χ1n) is 6.35. The lowest BCUT2D eigenvalue weighted by Crippen LogP contribution is -2.56. The Morgan fingerprint density at radius 2 is 2.00 bits per heavy atom. The van der Waals surface area contributed by atoms with E-state index in [1.54, 1.807) is 23.9 Å². The van der Waals surface area contributed by atoms with Crippen molar-refractivity contribution in [2.45, 2.75) is 25.3 Å². The van der Waals surface area contributed by atoms with Crippen LogP contribution in [0.15, 0.2) is 22.7 Å². The molecule has 1 amide bonds. The number of amides is 1. The Bertz CT molecular complexity index is 541. The van der Waals surface area contributed by atoms with Gasteiger partial charge in [0.2, 0.25) is 0 Å². The molecule has 4 nitrogen and oxygen atoms in total. The van der Waals surface area contributed by atoms with Gasteiger partial charge in [0.15, 0.2) is 0 Å². The molecule has 6 heteroatoms. The fourth-order valence-corrected chi connectivity index (χ4v) is 3.85. The third-order valence-electron chi connectivity index (χ3n) is 3.54. The van der Waals surface area contributed by atoms with E-state index in [1.165, 1.54) is 0 Å². The van der Waals surface area contributed by atoms with Crippen molar-refractivity contribution in [1.29, 1.82) is 0 Å². The van der Waals surface area contributed by atoms with Crippen LogP contribution < -0.4 is 5.32 Å². The van der Waals surface area contributed by atoms with Crippen molar-refractivity contribution in [3.05, 3.63) is 33.8 Å². The standard InChI is InChI=1S/C14H16BrNO3S/c1-9-3-2-4-10(11(9)15)12(17)16-14(13(18)19)5-7-20-8-6-14/h2-4H,5-8H2,1H3,(H,16,17)(H,18,19). The minimum Gasteiger partial charge on any atom is -0.480 e. The Labute approximate surface area is 130 Å². The van der Waals surface area contributed by atoms with E-state index in [-0.39, 0.29) is 5.91 Å². The summed E-state index contributed by atoms with van der Waals surface area (Å²) in [6, 6.07) is 5.38. The van der Waals surface area contributed by atoms with Crippen LogP contribution in [-0.4, -0.2) is 34.0 Å². The highest BCUT2D eigenvalue weighted by Gasteiger charge is 2.41. The molecule has 0 unspecified atom stereocenters. The van der Waals surface area contributed by atoms with Crippen LogP contribution in [0, 0.1) is 6.92 Å². The summed E-state index contributed by atoms with van der Waals surface area (Å²) >= 11 is 5.11. The Hall–Kier alpha value is -1.01. The fourth-order valence-electron chi connectivity index (χ4n) is 2.22. The van der Waals surface area contributed by atoms with Gasteiger partial charge in [-0.05, 0) is 58.8 Å². The first-order valence-corrected chi connectivity index (χ1v) is 8.30. The predicted octanol–water partition coefficient (Wildman–Crippen LogP) is 2.84. The SMILES string of the molecule is Cc1cccc(C(=O)NC2(C(=O)O)CCSCC2)c1Br. The van der Waals surface area contributed by atoms with E-state index >= 15 is 0 Å². The summed E-state index contributed by atoms with van der Waals surface area (Å²) in [6.07, 6.45) is 0.921. The number of hydrogen-bond donors (Lipinski definition) is 2. The minimum atomic E-state index is -1.13. The summed E-state index contributed by atoms with van der Waals surface area (Å²) in [5.41, 5.74) is 0.288. The highest BCUT2D eigenvalue weighted by Crippen LogP contribution is 2.29. The van der Waals surface area contributed by atoms with Crippen LogP contribution in [0.3, 0.4) is 0 Å². The van der Waals surface area contributed by atoms with Gasteiger partial charge < -0.3 is 10.4 Å². The van der Waals surface area contributed by atoms with Crippen molar-refractivity contribution in [3.63, 3.8) is 0 Å². The maximum absolute atomic E-state index is 12.4. The number of halogens is 1. The number of aliphatic carboxylic acids is 1. The molecule has 0 aliphatic carbocycles. The Kier molecular flexibility index (Phi) is 4.75. The molecule has 1 aliphatic rings. The van der Waals surface area contributed by atoms with E-state index in [0.29, 0.717) is 22.9 Å². The normalized spacial score (nSPS) is 17.5. The summed E-state index contributed by atoms with van der Waals surface area (Å²) in [4.78, 5) is 23.9. The molecule has 0 atom stereocenters. The smallest absolute Gasteiger partial charge is 0.329 e. The molecule has 1 saturated heterocycles. The third-order valence-corrected chi connectivity index (χ3v) is 5.58. The number of benzene rings is 1. The van der Waals surface area contributed by atoms with Gasteiger partial charge in [0.05, 0.1) is 5.56 Å². The van der Waals surface area contributed by atoms with Crippen LogP contribution in [0.2, 0.25) is 0 Å². The maximum atomic E-state index is 12.4. The lowest BCUT2D eigenvalue weighted by molar-refractivity contribution is -0.144. The molecule has 0 saturated carbocycles. The average Bonchev–Trinajstić information content (AvgIpc) is 2.42. The Morgan fingerprint density at radius 3 is 2.60 bits per heavy atom. The van der Waals surface area contributed by atoms with Crippen molar-refractivity contribution in [2.24, 2.45) is 0 Å². The molecule has 0 aromatic heterocycles. The van der Waals surface area contributed by atoms with E-state index in [2.05, 4.69) is 21.2 Å². The zero-order chi connectivity index (χ0) is 14.8. The van der Waals surface area contributed by atoms with Crippen LogP contribution in [0.5, 0.6) is 0 Å². The summed E-state index contributed by atoms with van der Waals surface area (Å²) < 4.78 is 0.711. The van der Waals surface area contributed by atoms with E-state index in [0.717, 1.165) is 17.1 Å². The molecule has 1 aromatic rings. The van der Waals surface area contributed by atoms with E-state index in [4.69, 9.17) is 0 Å². The van der Waals surface area contributed by atoms with E-state index in [9.17, 15) is 14.7 Å². The molecule has 1 aromatic carbocycles. The molecular weight excluding hydrogens is 342 g/mol. The highest BCUT2D eigenvalue weighted by atomic mass is 79.9. The summed E-state index contributed by atoms with van der Waals surface area (Å²) in [6.45, 7) is 1.89. The molecule has 2 rings (SSSR count). The number of carboxylic acids is 1. The van der Waals surface area contributed by atoms with Crippen LogP contribution in [0.25, 0.3) is 0 Å². The lowest BCUT2D eigenvalue weighted by Gasteiger charge is -2.33. The summed E-state index contributed by atoms with van der Waals surface area (Å²) in [7, 11) is 0. The number of thioether (sulfide) groups is 1. The minimum absolute atomic E-state index is 0.338. The van der Waals surface area contributed by atoms with Gasteiger partial charge in [-0.25, -0.2) is 4.79 Å². The number of aryl methyl sites for hydroxylation is 1. The second-order valence-corrected chi connectivity index (χ2v) is 6.91. The Morgan fingerprint density at radius 1 is 1.35 bits per heavy atom. The maximum Gasteiger partial charge on any atom is 0.329 e.